The summed E-state index contributed by atoms with van der Waals surface area (Å²) in [5, 5.41) is 49.3. The Morgan fingerprint density at radius 2 is 1.35 bits per heavy atom. The summed E-state index contributed by atoms with van der Waals surface area (Å²) in [6, 6.07) is 10.2. The van der Waals surface area contributed by atoms with Crippen LogP contribution in [-0.4, -0.2) is 77.1 Å². The molecule has 0 aromatic heterocycles. The van der Waals surface area contributed by atoms with Gasteiger partial charge in [0.1, 0.15) is 47.4 Å². The van der Waals surface area contributed by atoms with Crippen LogP contribution in [0.5, 0.6) is 23.0 Å². The Bertz CT molecular complexity index is 848. The zero-order valence-electron chi connectivity index (χ0n) is 17.3. The molecule has 3 rings (SSSR count). The van der Waals surface area contributed by atoms with Gasteiger partial charge in [-0.25, -0.2) is 0 Å². The van der Waals surface area contributed by atoms with Gasteiger partial charge in [0.2, 0.25) is 6.29 Å². The van der Waals surface area contributed by atoms with Crippen LogP contribution in [0.25, 0.3) is 0 Å². The van der Waals surface area contributed by atoms with Gasteiger partial charge in [-0.15, -0.1) is 0 Å². The molecule has 0 amide bonds. The number of hydrogen-bond donors (Lipinski definition) is 5. The van der Waals surface area contributed by atoms with E-state index in [1.54, 1.807) is 32.4 Å². The van der Waals surface area contributed by atoms with Gasteiger partial charge in [0, 0.05) is 12.1 Å². The Labute approximate surface area is 180 Å². The van der Waals surface area contributed by atoms with Crippen molar-refractivity contribution < 1.29 is 44.5 Å². The number of methoxy groups -OCH3 is 2. The SMILES string of the molecule is COc1cc(CCc2cc(O)cc(O[C@@H]3O[C@H](CO)[C@@H](O)[C@H](O)[C@H]3O)c2)cc(OC)c1. The number of hydrogen-bond acceptors (Lipinski definition) is 9. The summed E-state index contributed by atoms with van der Waals surface area (Å²) in [4.78, 5) is 0. The van der Waals surface area contributed by atoms with E-state index < -0.39 is 37.3 Å². The van der Waals surface area contributed by atoms with Crippen LogP contribution in [0.4, 0.5) is 0 Å². The van der Waals surface area contributed by atoms with Crippen molar-refractivity contribution in [2.75, 3.05) is 20.8 Å². The summed E-state index contributed by atoms with van der Waals surface area (Å²) in [7, 11) is 3.16. The molecule has 0 unspecified atom stereocenters. The van der Waals surface area contributed by atoms with Crippen molar-refractivity contribution in [1.29, 1.82) is 0 Å². The van der Waals surface area contributed by atoms with E-state index in [0.29, 0.717) is 24.3 Å². The van der Waals surface area contributed by atoms with Crippen LogP contribution in [0.3, 0.4) is 0 Å². The summed E-state index contributed by atoms with van der Waals surface area (Å²) >= 11 is 0. The summed E-state index contributed by atoms with van der Waals surface area (Å²) < 4.78 is 21.5. The quantitative estimate of drug-likeness (QED) is 0.397. The number of aromatic hydroxyl groups is 1. The van der Waals surface area contributed by atoms with Crippen LogP contribution in [0.1, 0.15) is 11.1 Å². The molecule has 5 atom stereocenters. The fraction of sp³-hybridized carbons (Fsp3) is 0.455. The first-order valence-electron chi connectivity index (χ1n) is 9.86. The highest BCUT2D eigenvalue weighted by Gasteiger charge is 2.44. The summed E-state index contributed by atoms with van der Waals surface area (Å²) in [5.41, 5.74) is 1.75. The van der Waals surface area contributed by atoms with Crippen LogP contribution in [-0.2, 0) is 17.6 Å². The molecule has 0 spiro atoms. The zero-order chi connectivity index (χ0) is 22.5. The van der Waals surface area contributed by atoms with E-state index in [9.17, 15) is 25.5 Å². The highest BCUT2D eigenvalue weighted by molar-refractivity contribution is 5.40. The smallest absolute Gasteiger partial charge is 0.229 e. The molecule has 2 aromatic carbocycles. The standard InChI is InChI=1S/C22H28O9/c1-28-15-6-13(7-16(10-15)29-2)4-3-12-5-14(24)9-17(8-12)30-22-21(27)20(26)19(25)18(11-23)31-22/h5-10,18-27H,3-4,11H2,1-2H3/t18-,19-,20+,21-,22-/m1/s1. The minimum Gasteiger partial charge on any atom is -0.508 e. The van der Waals surface area contributed by atoms with Crippen molar-refractivity contribution in [2.24, 2.45) is 0 Å². The van der Waals surface area contributed by atoms with Crippen LogP contribution in [0, 0.1) is 0 Å². The lowest BCUT2D eigenvalue weighted by Crippen LogP contribution is -2.60. The monoisotopic (exact) mass is 436 g/mol. The number of rotatable bonds is 8. The third-order valence-electron chi connectivity index (χ3n) is 5.17. The molecule has 5 N–H and O–H groups in total. The minimum atomic E-state index is -1.55. The average molecular weight is 436 g/mol. The van der Waals surface area contributed by atoms with Gasteiger partial charge >= 0.3 is 0 Å². The molecular formula is C22H28O9. The van der Waals surface area contributed by atoms with E-state index in [2.05, 4.69) is 0 Å². The molecule has 1 heterocycles. The summed E-state index contributed by atoms with van der Waals surface area (Å²) in [6.07, 6.45) is -5.76. The predicted molar refractivity (Wildman–Crippen MR) is 109 cm³/mol. The fourth-order valence-electron chi connectivity index (χ4n) is 3.45. The highest BCUT2D eigenvalue weighted by atomic mass is 16.7. The van der Waals surface area contributed by atoms with Gasteiger partial charge < -0.3 is 44.5 Å². The number of phenols is 1. The number of aliphatic hydroxyl groups excluding tert-OH is 4. The number of phenolic OH excluding ortho intramolecular Hbond substituents is 1. The van der Waals surface area contributed by atoms with Crippen molar-refractivity contribution in [2.45, 2.75) is 43.5 Å². The van der Waals surface area contributed by atoms with Gasteiger partial charge in [-0.2, -0.15) is 0 Å². The molecule has 9 nitrogen and oxygen atoms in total. The molecule has 0 bridgehead atoms. The molecule has 1 aliphatic heterocycles. The first-order valence-corrected chi connectivity index (χ1v) is 9.86. The van der Waals surface area contributed by atoms with Gasteiger partial charge in [0.15, 0.2) is 0 Å². The van der Waals surface area contributed by atoms with Crippen molar-refractivity contribution in [1.82, 2.24) is 0 Å². The summed E-state index contributed by atoms with van der Waals surface area (Å²) in [6.45, 7) is -0.555. The molecule has 9 heteroatoms. The van der Waals surface area contributed by atoms with E-state index in [0.717, 1.165) is 11.1 Å². The van der Waals surface area contributed by atoms with E-state index in [4.69, 9.17) is 18.9 Å². The fourth-order valence-corrected chi connectivity index (χ4v) is 3.45. The average Bonchev–Trinajstić information content (AvgIpc) is 2.77. The van der Waals surface area contributed by atoms with E-state index in [-0.39, 0.29) is 11.5 Å². The maximum absolute atomic E-state index is 10.1. The molecule has 1 fully saturated rings. The Kier molecular flexibility index (Phi) is 7.58. The van der Waals surface area contributed by atoms with Gasteiger partial charge in [0.25, 0.3) is 0 Å². The Hall–Kier alpha value is -2.56. The van der Waals surface area contributed by atoms with Gasteiger partial charge in [-0.3, -0.25) is 0 Å². The van der Waals surface area contributed by atoms with Crippen LogP contribution < -0.4 is 14.2 Å². The Balaban J connectivity index is 1.72. The summed E-state index contributed by atoms with van der Waals surface area (Å²) in [5.74, 6) is 1.52. The molecule has 2 aromatic rings. The lowest BCUT2D eigenvalue weighted by molar-refractivity contribution is -0.277. The number of ether oxygens (including phenoxy) is 4. The number of benzene rings is 2. The van der Waals surface area contributed by atoms with E-state index in [1.165, 1.54) is 6.07 Å². The number of aryl methyl sites for hydroxylation is 2. The van der Waals surface area contributed by atoms with Crippen LogP contribution in [0.15, 0.2) is 36.4 Å². The molecule has 31 heavy (non-hydrogen) atoms. The van der Waals surface area contributed by atoms with Gasteiger partial charge in [-0.1, -0.05) is 0 Å². The molecular weight excluding hydrogens is 408 g/mol. The van der Waals surface area contributed by atoms with Crippen LogP contribution >= 0.6 is 0 Å². The second-order valence-electron chi connectivity index (χ2n) is 7.37. The Morgan fingerprint density at radius 1 is 0.774 bits per heavy atom. The van der Waals surface area contributed by atoms with Gasteiger partial charge in [0.05, 0.1) is 20.8 Å². The first kappa shape index (κ1) is 23.1. The van der Waals surface area contributed by atoms with E-state index >= 15 is 0 Å². The second kappa shape index (κ2) is 10.2. The normalized spacial score (nSPS) is 25.8. The number of aliphatic hydroxyl groups is 4. The lowest BCUT2D eigenvalue weighted by Gasteiger charge is -2.39. The molecule has 0 radical (unpaired) electrons. The lowest BCUT2D eigenvalue weighted by atomic mass is 9.99. The van der Waals surface area contributed by atoms with E-state index in [1.807, 2.05) is 12.1 Å². The van der Waals surface area contributed by atoms with Crippen molar-refractivity contribution in [3.63, 3.8) is 0 Å². The second-order valence-corrected chi connectivity index (χ2v) is 7.37. The molecule has 0 aliphatic carbocycles. The Morgan fingerprint density at radius 3 is 1.94 bits per heavy atom. The van der Waals surface area contributed by atoms with Crippen LogP contribution in [0.2, 0.25) is 0 Å². The maximum atomic E-state index is 10.1. The maximum Gasteiger partial charge on any atom is 0.229 e. The van der Waals surface area contributed by atoms with Crippen molar-refractivity contribution >= 4 is 0 Å². The molecule has 1 saturated heterocycles. The zero-order valence-corrected chi connectivity index (χ0v) is 17.3. The van der Waals surface area contributed by atoms with Crippen molar-refractivity contribution in [3.05, 3.63) is 47.5 Å². The molecule has 0 saturated carbocycles. The van der Waals surface area contributed by atoms with Gasteiger partial charge in [-0.05, 0) is 48.2 Å². The highest BCUT2D eigenvalue weighted by Crippen LogP contribution is 2.29. The largest absolute Gasteiger partial charge is 0.508 e. The first-order chi connectivity index (χ1) is 14.8. The molecule has 1 aliphatic rings. The molecule has 170 valence electrons. The third-order valence-corrected chi connectivity index (χ3v) is 5.17. The van der Waals surface area contributed by atoms with Crippen molar-refractivity contribution in [3.8, 4) is 23.0 Å². The third kappa shape index (κ3) is 5.57. The minimum absolute atomic E-state index is 0.0414. The predicted octanol–water partition coefficient (Wildman–Crippen LogP) is 0.373. The topological polar surface area (TPSA) is 138 Å².